The number of aliphatic hydroxyl groups is 1. The molecule has 0 spiro atoms. The number of halogens is 2. The summed E-state index contributed by atoms with van der Waals surface area (Å²) in [5, 5.41) is 14.8. The first-order chi connectivity index (χ1) is 7.30. The van der Waals surface area contributed by atoms with E-state index in [1.165, 1.54) is 6.07 Å². The number of aryl methyl sites for hydroxylation is 1. The van der Waals surface area contributed by atoms with Gasteiger partial charge in [-0.15, -0.1) is 0 Å². The van der Waals surface area contributed by atoms with E-state index < -0.39 is 11.4 Å². The summed E-state index contributed by atoms with van der Waals surface area (Å²) in [7, 11) is 1.80. The van der Waals surface area contributed by atoms with E-state index in [9.17, 15) is 9.50 Å². The summed E-state index contributed by atoms with van der Waals surface area (Å²) in [5.74, 6) is -0.397. The Balaban J connectivity index is 2.81. The smallest absolute Gasteiger partial charge is 0.131 e. The highest BCUT2D eigenvalue weighted by molar-refractivity contribution is 14.1. The quantitative estimate of drug-likeness (QED) is 0.814. The molecule has 16 heavy (non-hydrogen) atoms. The third-order valence-electron chi connectivity index (χ3n) is 2.55. The number of aromatic nitrogens is 2. The fourth-order valence-electron chi connectivity index (χ4n) is 1.70. The van der Waals surface area contributed by atoms with Gasteiger partial charge in [0.25, 0.3) is 0 Å². The van der Waals surface area contributed by atoms with Gasteiger partial charge in [0, 0.05) is 18.0 Å². The van der Waals surface area contributed by atoms with Gasteiger partial charge in [0.15, 0.2) is 0 Å². The van der Waals surface area contributed by atoms with Crippen LogP contribution in [0.4, 0.5) is 4.39 Å². The lowest BCUT2D eigenvalue weighted by molar-refractivity contribution is 0.0747. The van der Waals surface area contributed by atoms with Crippen LogP contribution in [-0.2, 0) is 12.6 Å². The van der Waals surface area contributed by atoms with Crippen molar-refractivity contribution < 1.29 is 9.50 Å². The predicted octanol–water partition coefficient (Wildman–Crippen LogP) is 2.54. The maximum Gasteiger partial charge on any atom is 0.131 e. The molecule has 0 fully saturated rings. The molecule has 1 N–H and O–H groups in total. The molecule has 0 amide bonds. The summed E-state index contributed by atoms with van der Waals surface area (Å²) < 4.78 is 16.3. The van der Waals surface area contributed by atoms with E-state index in [2.05, 4.69) is 27.7 Å². The number of hydrogen-bond acceptors (Lipinski definition) is 2. The molecule has 3 nitrogen and oxygen atoms in total. The molecule has 0 aliphatic heterocycles. The van der Waals surface area contributed by atoms with Crippen LogP contribution < -0.4 is 0 Å². The molecule has 1 aromatic carbocycles. The second-order valence-electron chi connectivity index (χ2n) is 4.32. The Morgan fingerprint density at radius 1 is 1.44 bits per heavy atom. The number of rotatable bonds is 1. The standard InChI is InChI=1S/C11H12FIN2O/c1-11(2,16)7-5-9-6(4-8(7)12)10(13)14-15(9)3/h4-5,16H,1-3H3. The molecule has 0 radical (unpaired) electrons. The number of nitrogens with zero attached hydrogens (tertiary/aromatic N) is 2. The van der Waals surface area contributed by atoms with E-state index in [0.29, 0.717) is 5.56 Å². The predicted molar refractivity (Wildman–Crippen MR) is 68.6 cm³/mol. The van der Waals surface area contributed by atoms with E-state index in [4.69, 9.17) is 0 Å². The second kappa shape index (κ2) is 3.66. The van der Waals surface area contributed by atoms with Crippen LogP contribution in [0.5, 0.6) is 0 Å². The van der Waals surface area contributed by atoms with Crippen LogP contribution >= 0.6 is 22.6 Å². The van der Waals surface area contributed by atoms with Gasteiger partial charge in [-0.1, -0.05) is 0 Å². The normalized spacial score (nSPS) is 12.4. The van der Waals surface area contributed by atoms with Crippen molar-refractivity contribution >= 4 is 33.5 Å². The highest BCUT2D eigenvalue weighted by Crippen LogP contribution is 2.29. The van der Waals surface area contributed by atoms with E-state index >= 15 is 0 Å². The van der Waals surface area contributed by atoms with Crippen LogP contribution in [0.25, 0.3) is 10.9 Å². The van der Waals surface area contributed by atoms with Crippen LogP contribution in [0.2, 0.25) is 0 Å². The summed E-state index contributed by atoms with van der Waals surface area (Å²) in [5.41, 5.74) is -0.0733. The molecular formula is C11H12FIN2O. The Kier molecular flexibility index (Phi) is 2.70. The highest BCUT2D eigenvalue weighted by Gasteiger charge is 2.22. The average Bonchev–Trinajstić information content (AvgIpc) is 2.39. The molecule has 0 unspecified atom stereocenters. The van der Waals surface area contributed by atoms with Gasteiger partial charge in [0.05, 0.1) is 11.1 Å². The molecule has 0 atom stereocenters. The first-order valence-electron chi connectivity index (χ1n) is 4.85. The van der Waals surface area contributed by atoms with Gasteiger partial charge in [0.1, 0.15) is 9.52 Å². The molecule has 0 aliphatic carbocycles. The minimum Gasteiger partial charge on any atom is -0.386 e. The maximum atomic E-state index is 13.8. The van der Waals surface area contributed by atoms with Crippen LogP contribution in [0.15, 0.2) is 12.1 Å². The fourth-order valence-corrected chi connectivity index (χ4v) is 2.46. The Labute approximate surface area is 106 Å². The van der Waals surface area contributed by atoms with Gasteiger partial charge in [-0.2, -0.15) is 5.10 Å². The Morgan fingerprint density at radius 3 is 2.62 bits per heavy atom. The van der Waals surface area contributed by atoms with Crippen molar-refractivity contribution in [3.63, 3.8) is 0 Å². The van der Waals surface area contributed by atoms with Crippen molar-refractivity contribution in [2.45, 2.75) is 19.4 Å². The van der Waals surface area contributed by atoms with E-state index in [-0.39, 0.29) is 0 Å². The van der Waals surface area contributed by atoms with Gasteiger partial charge >= 0.3 is 0 Å². The average molecular weight is 334 g/mol. The van der Waals surface area contributed by atoms with E-state index in [1.807, 2.05) is 0 Å². The zero-order valence-corrected chi connectivity index (χ0v) is 11.4. The SMILES string of the molecule is Cn1nc(I)c2cc(F)c(C(C)(C)O)cc21. The molecule has 0 saturated carbocycles. The van der Waals surface area contributed by atoms with Gasteiger partial charge in [-0.3, -0.25) is 4.68 Å². The first-order valence-corrected chi connectivity index (χ1v) is 5.93. The second-order valence-corrected chi connectivity index (χ2v) is 5.34. The Hall–Kier alpha value is -0.690. The lowest BCUT2D eigenvalue weighted by Gasteiger charge is -2.18. The van der Waals surface area contributed by atoms with Crippen LogP contribution in [-0.4, -0.2) is 14.9 Å². The van der Waals surface area contributed by atoms with Crippen molar-refractivity contribution in [2.24, 2.45) is 7.05 Å². The first kappa shape index (κ1) is 11.8. The molecule has 1 heterocycles. The highest BCUT2D eigenvalue weighted by atomic mass is 127. The lowest BCUT2D eigenvalue weighted by Crippen LogP contribution is -2.17. The van der Waals surface area contributed by atoms with Crippen LogP contribution in [0, 0.1) is 9.52 Å². The number of benzene rings is 1. The molecule has 2 aromatic rings. The number of hydrogen-bond donors (Lipinski definition) is 1. The molecule has 0 saturated heterocycles. The van der Waals surface area contributed by atoms with Gasteiger partial charge < -0.3 is 5.11 Å². The Morgan fingerprint density at radius 2 is 2.06 bits per heavy atom. The van der Waals surface area contributed by atoms with E-state index in [1.54, 1.807) is 31.6 Å². The molecule has 5 heteroatoms. The van der Waals surface area contributed by atoms with Crippen molar-refractivity contribution in [1.82, 2.24) is 9.78 Å². The number of fused-ring (bicyclic) bond motifs is 1. The molecule has 1 aromatic heterocycles. The van der Waals surface area contributed by atoms with Crippen molar-refractivity contribution in [3.8, 4) is 0 Å². The lowest BCUT2D eigenvalue weighted by atomic mass is 9.97. The van der Waals surface area contributed by atoms with Crippen LogP contribution in [0.3, 0.4) is 0 Å². The van der Waals surface area contributed by atoms with Crippen LogP contribution in [0.1, 0.15) is 19.4 Å². The third-order valence-corrected chi connectivity index (χ3v) is 3.35. The molecule has 0 aliphatic rings. The summed E-state index contributed by atoms with van der Waals surface area (Å²) in [4.78, 5) is 0. The van der Waals surface area contributed by atoms with Gasteiger partial charge in [-0.25, -0.2) is 4.39 Å². The minimum absolute atomic E-state index is 0.291. The van der Waals surface area contributed by atoms with E-state index in [0.717, 1.165) is 14.6 Å². The molecule has 0 bridgehead atoms. The van der Waals surface area contributed by atoms with Gasteiger partial charge in [0.2, 0.25) is 0 Å². The summed E-state index contributed by atoms with van der Waals surface area (Å²) in [6.07, 6.45) is 0. The fraction of sp³-hybridized carbons (Fsp3) is 0.364. The summed E-state index contributed by atoms with van der Waals surface area (Å²) in [6, 6.07) is 3.08. The largest absolute Gasteiger partial charge is 0.386 e. The third kappa shape index (κ3) is 1.82. The molecule has 2 rings (SSSR count). The molecule has 86 valence electrons. The maximum absolute atomic E-state index is 13.8. The minimum atomic E-state index is -1.19. The van der Waals surface area contributed by atoms with Crippen molar-refractivity contribution in [3.05, 3.63) is 27.2 Å². The van der Waals surface area contributed by atoms with Gasteiger partial charge in [-0.05, 0) is 48.6 Å². The van der Waals surface area contributed by atoms with Crippen molar-refractivity contribution in [1.29, 1.82) is 0 Å². The summed E-state index contributed by atoms with van der Waals surface area (Å²) >= 11 is 2.07. The zero-order valence-electron chi connectivity index (χ0n) is 9.25. The Bertz CT molecular complexity index is 557. The van der Waals surface area contributed by atoms with Crippen molar-refractivity contribution in [2.75, 3.05) is 0 Å². The zero-order chi connectivity index (χ0) is 12.1. The monoisotopic (exact) mass is 334 g/mol. The molecular weight excluding hydrogens is 322 g/mol. The topological polar surface area (TPSA) is 38.0 Å². The summed E-state index contributed by atoms with van der Waals surface area (Å²) in [6.45, 7) is 3.14.